The predicted octanol–water partition coefficient (Wildman–Crippen LogP) is 5.01. The van der Waals surface area contributed by atoms with Crippen LogP contribution in [0, 0.1) is 0 Å². The number of hydrogen-bond donors (Lipinski definition) is 0. The van der Waals surface area contributed by atoms with Crippen LogP contribution < -0.4 is 5.19 Å². The number of halogens is 1. The van der Waals surface area contributed by atoms with Crippen LogP contribution in [-0.2, 0) is 9.31 Å². The molecule has 0 aromatic heterocycles. The summed E-state index contributed by atoms with van der Waals surface area (Å²) >= 11 is 5.92. The van der Waals surface area contributed by atoms with Crippen LogP contribution in [0.15, 0.2) is 30.3 Å². The van der Waals surface area contributed by atoms with E-state index in [9.17, 15) is 0 Å². The number of alkyl halides is 1. The van der Waals surface area contributed by atoms with Crippen molar-refractivity contribution in [3.8, 4) is 0 Å². The van der Waals surface area contributed by atoms with Gasteiger partial charge in [0.25, 0.3) is 0 Å². The highest BCUT2D eigenvalue weighted by atomic mass is 35.5. The molecule has 2 rings (SSSR count). The summed E-state index contributed by atoms with van der Waals surface area (Å²) in [6.07, 6.45) is 3.29. The summed E-state index contributed by atoms with van der Waals surface area (Å²) in [6.45, 7) is 13.4. The third-order valence-corrected chi connectivity index (χ3v) is 10.4. The van der Waals surface area contributed by atoms with Crippen molar-refractivity contribution in [3.05, 3.63) is 30.3 Å². The summed E-state index contributed by atoms with van der Waals surface area (Å²) in [7, 11) is -1.87. The second-order valence-corrected chi connectivity index (χ2v) is 13.6. The van der Waals surface area contributed by atoms with Gasteiger partial charge in [0.2, 0.25) is 0 Å². The first-order valence-corrected chi connectivity index (χ1v) is 12.7. The fourth-order valence-corrected chi connectivity index (χ4v) is 6.84. The molecule has 0 radical (unpaired) electrons. The molecule has 1 aliphatic rings. The fourth-order valence-electron chi connectivity index (χ4n) is 3.43. The van der Waals surface area contributed by atoms with Gasteiger partial charge in [-0.25, -0.2) is 0 Å². The first-order chi connectivity index (χ1) is 11.1. The van der Waals surface area contributed by atoms with E-state index < -0.39 is 8.07 Å². The summed E-state index contributed by atoms with van der Waals surface area (Å²) in [5.41, 5.74) is -0.128. The van der Waals surface area contributed by atoms with Crippen molar-refractivity contribution in [3.63, 3.8) is 0 Å². The third-order valence-electron chi connectivity index (χ3n) is 5.94. The highest BCUT2D eigenvalue weighted by Gasteiger charge is 2.56. The Labute approximate surface area is 154 Å². The van der Waals surface area contributed by atoms with Gasteiger partial charge in [-0.15, -0.1) is 11.6 Å². The van der Waals surface area contributed by atoms with Crippen molar-refractivity contribution in [2.75, 3.05) is 5.88 Å². The molecule has 0 N–H and O–H groups in total. The molecule has 1 aromatic rings. The minimum Gasteiger partial charge on any atom is -0.403 e. The molecular weight excluding hydrogens is 335 g/mol. The fraction of sp³-hybridized carbons (Fsp3) is 0.684. The molecule has 1 unspecified atom stereocenters. The van der Waals surface area contributed by atoms with Crippen LogP contribution in [0.2, 0.25) is 18.5 Å². The number of benzene rings is 1. The van der Waals surface area contributed by atoms with E-state index in [1.165, 1.54) is 5.19 Å². The van der Waals surface area contributed by atoms with Crippen molar-refractivity contribution in [1.29, 1.82) is 0 Å². The van der Waals surface area contributed by atoms with Gasteiger partial charge in [-0.05, 0) is 39.6 Å². The molecular formula is C19H32BClO2Si. The van der Waals surface area contributed by atoms with Crippen molar-refractivity contribution in [2.24, 2.45) is 0 Å². The molecule has 1 fully saturated rings. The summed E-state index contributed by atoms with van der Waals surface area (Å²) in [4.78, 5) is 0. The molecule has 5 heteroatoms. The molecule has 1 atom stereocenters. The number of hydrogen-bond acceptors (Lipinski definition) is 2. The van der Waals surface area contributed by atoms with Crippen molar-refractivity contribution in [1.82, 2.24) is 0 Å². The van der Waals surface area contributed by atoms with Crippen LogP contribution in [0.5, 0.6) is 0 Å². The van der Waals surface area contributed by atoms with Gasteiger partial charge in [-0.2, -0.15) is 0 Å². The molecule has 1 aromatic carbocycles. The lowest BCUT2D eigenvalue weighted by molar-refractivity contribution is 0.00578. The molecule has 0 bridgehead atoms. The smallest absolute Gasteiger partial charge is 0.403 e. The summed E-state index contributed by atoms with van der Waals surface area (Å²) in [5, 5.41) is 1.47. The van der Waals surface area contributed by atoms with Gasteiger partial charge < -0.3 is 9.31 Å². The molecule has 0 saturated carbocycles. The van der Waals surface area contributed by atoms with Crippen molar-refractivity contribution in [2.45, 2.75) is 76.7 Å². The van der Waals surface area contributed by atoms with E-state index in [-0.39, 0.29) is 18.3 Å². The van der Waals surface area contributed by atoms with Crippen LogP contribution in [0.25, 0.3) is 0 Å². The Morgan fingerprint density at radius 1 is 1.00 bits per heavy atom. The average molecular weight is 367 g/mol. The van der Waals surface area contributed by atoms with Crippen molar-refractivity contribution < 1.29 is 9.31 Å². The maximum absolute atomic E-state index is 6.44. The maximum atomic E-state index is 6.44. The van der Waals surface area contributed by atoms with E-state index in [4.69, 9.17) is 20.9 Å². The summed E-state index contributed by atoms with van der Waals surface area (Å²) in [6, 6.07) is 10.9. The van der Waals surface area contributed by atoms with Crippen LogP contribution in [0.1, 0.15) is 47.0 Å². The minimum atomic E-state index is -1.74. The zero-order valence-electron chi connectivity index (χ0n) is 16.1. The Balaban J connectivity index is 2.28. The van der Waals surface area contributed by atoms with Gasteiger partial charge in [0.1, 0.15) is 0 Å². The van der Waals surface area contributed by atoms with Gasteiger partial charge in [-0.1, -0.05) is 61.5 Å². The second kappa shape index (κ2) is 7.53. The molecule has 1 saturated heterocycles. The normalized spacial score (nSPS) is 21.0. The van der Waals surface area contributed by atoms with Gasteiger partial charge in [0.05, 0.1) is 19.3 Å². The minimum absolute atomic E-state index is 0.132. The average Bonchev–Trinajstić information content (AvgIpc) is 2.72. The van der Waals surface area contributed by atoms with E-state index in [2.05, 4.69) is 71.1 Å². The summed E-state index contributed by atoms with van der Waals surface area (Å²) < 4.78 is 12.9. The Morgan fingerprint density at radius 3 is 2.04 bits per heavy atom. The molecule has 0 aliphatic carbocycles. The lowest BCUT2D eigenvalue weighted by Crippen LogP contribution is -2.52. The van der Waals surface area contributed by atoms with Crippen LogP contribution >= 0.6 is 11.6 Å². The van der Waals surface area contributed by atoms with E-state index in [0.717, 1.165) is 25.1 Å². The second-order valence-electron chi connectivity index (χ2n) is 8.50. The molecule has 2 nitrogen and oxygen atoms in total. The standard InChI is InChI=1S/C19H32BClO2Si/c1-18(2)19(3,4)23-20(22-18)17(14-10-11-15-21)24(5,6)16-12-8-7-9-13-16/h7-9,12-13,17H,10-11,14-15H2,1-6H3. The van der Waals surface area contributed by atoms with Crippen LogP contribution in [0.4, 0.5) is 0 Å². The summed E-state index contributed by atoms with van der Waals surface area (Å²) in [5.74, 6) is 0.726. The van der Waals surface area contributed by atoms with E-state index in [1.807, 2.05) is 0 Å². The molecule has 0 amide bonds. The van der Waals surface area contributed by atoms with E-state index >= 15 is 0 Å². The Hall–Kier alpha value is -0.288. The van der Waals surface area contributed by atoms with Gasteiger partial charge >= 0.3 is 7.12 Å². The molecule has 1 heterocycles. The van der Waals surface area contributed by atoms with Gasteiger partial charge in [-0.3, -0.25) is 0 Å². The zero-order chi connectivity index (χ0) is 18.0. The third kappa shape index (κ3) is 4.09. The van der Waals surface area contributed by atoms with Crippen LogP contribution in [0.3, 0.4) is 0 Å². The monoisotopic (exact) mass is 366 g/mol. The quantitative estimate of drug-likeness (QED) is 0.383. The van der Waals surface area contributed by atoms with Crippen LogP contribution in [-0.4, -0.2) is 32.3 Å². The topological polar surface area (TPSA) is 18.5 Å². The largest absolute Gasteiger partial charge is 0.458 e. The molecule has 24 heavy (non-hydrogen) atoms. The lowest BCUT2D eigenvalue weighted by atomic mass is 9.81. The highest BCUT2D eigenvalue weighted by Crippen LogP contribution is 2.43. The van der Waals surface area contributed by atoms with Gasteiger partial charge in [0, 0.05) is 5.88 Å². The highest BCUT2D eigenvalue weighted by molar-refractivity contribution is 6.97. The number of rotatable bonds is 7. The van der Waals surface area contributed by atoms with Gasteiger partial charge in [0.15, 0.2) is 0 Å². The molecule has 1 aliphatic heterocycles. The first-order valence-electron chi connectivity index (χ1n) is 9.09. The SMILES string of the molecule is CC1(C)OB(C(CCCCCl)[Si](C)(C)c2ccccc2)OC1(C)C. The molecule has 134 valence electrons. The predicted molar refractivity (Wildman–Crippen MR) is 108 cm³/mol. The Kier molecular flexibility index (Phi) is 6.28. The lowest BCUT2D eigenvalue weighted by Gasteiger charge is -2.34. The van der Waals surface area contributed by atoms with E-state index in [1.54, 1.807) is 0 Å². The molecule has 0 spiro atoms. The first kappa shape index (κ1) is 20.0. The Morgan fingerprint density at radius 2 is 1.54 bits per heavy atom. The zero-order valence-corrected chi connectivity index (χ0v) is 17.8. The maximum Gasteiger partial charge on any atom is 0.458 e. The Bertz CT molecular complexity index is 517. The number of unbranched alkanes of at least 4 members (excludes halogenated alkanes) is 1. The van der Waals surface area contributed by atoms with Crippen molar-refractivity contribution >= 4 is 32.0 Å². The van der Waals surface area contributed by atoms with E-state index in [0.29, 0.717) is 5.44 Å².